The van der Waals surface area contributed by atoms with E-state index in [1.807, 2.05) is 11.3 Å². The van der Waals surface area contributed by atoms with Gasteiger partial charge in [-0.3, -0.25) is 0 Å². The summed E-state index contributed by atoms with van der Waals surface area (Å²) >= 11 is 4.06. The van der Waals surface area contributed by atoms with E-state index in [1.54, 1.807) is 0 Å². The van der Waals surface area contributed by atoms with Crippen molar-refractivity contribution in [2.75, 3.05) is 12.3 Å². The summed E-state index contributed by atoms with van der Waals surface area (Å²) in [6.45, 7) is 8.76. The molecule has 1 unspecified atom stereocenters. The summed E-state index contributed by atoms with van der Waals surface area (Å²) in [6, 6.07) is 0. The third-order valence-electron chi connectivity index (χ3n) is 3.39. The maximum atomic E-state index is 4.98. The Labute approximate surface area is 125 Å². The molecule has 1 fully saturated rings. The molecule has 1 aliphatic rings. The molecule has 2 heterocycles. The van der Waals surface area contributed by atoms with Crippen LogP contribution in [0.2, 0.25) is 0 Å². The van der Waals surface area contributed by atoms with Gasteiger partial charge < -0.3 is 5.32 Å². The molecule has 2 rings (SSSR count). The van der Waals surface area contributed by atoms with Crippen molar-refractivity contribution in [1.82, 2.24) is 10.3 Å². The Morgan fingerprint density at radius 1 is 1.37 bits per heavy atom. The van der Waals surface area contributed by atoms with Crippen molar-refractivity contribution in [2.45, 2.75) is 58.2 Å². The Balaban J connectivity index is 2.12. The summed E-state index contributed by atoms with van der Waals surface area (Å²) in [5, 5.41) is 5.51. The highest BCUT2D eigenvalue weighted by atomic mass is 32.2. The van der Waals surface area contributed by atoms with Gasteiger partial charge in [-0.25, -0.2) is 4.98 Å². The maximum absolute atomic E-state index is 4.98. The zero-order valence-electron chi connectivity index (χ0n) is 12.4. The first kappa shape index (κ1) is 15.3. The molecule has 4 heteroatoms. The number of hydrogen-bond acceptors (Lipinski definition) is 4. The van der Waals surface area contributed by atoms with Crippen LogP contribution in [0.5, 0.6) is 0 Å². The van der Waals surface area contributed by atoms with Crippen LogP contribution in [0, 0.1) is 5.92 Å². The number of nitrogens with one attached hydrogen (secondary N) is 1. The summed E-state index contributed by atoms with van der Waals surface area (Å²) in [5.74, 6) is 2.00. The highest BCUT2D eigenvalue weighted by Gasteiger charge is 2.22. The van der Waals surface area contributed by atoms with Crippen LogP contribution in [-0.2, 0) is 13.0 Å². The molecule has 1 aromatic rings. The number of thioether (sulfide) groups is 1. The average Bonchev–Trinajstić information content (AvgIpc) is 2.80. The second-order valence-corrected chi connectivity index (χ2v) is 8.08. The molecule has 0 saturated carbocycles. The van der Waals surface area contributed by atoms with Crippen molar-refractivity contribution in [3.8, 4) is 0 Å². The van der Waals surface area contributed by atoms with Crippen molar-refractivity contribution in [3.05, 3.63) is 15.6 Å². The van der Waals surface area contributed by atoms with Gasteiger partial charge in [0.25, 0.3) is 0 Å². The van der Waals surface area contributed by atoms with Crippen molar-refractivity contribution in [2.24, 2.45) is 5.92 Å². The zero-order valence-corrected chi connectivity index (χ0v) is 14.0. The average molecular weight is 299 g/mol. The predicted molar refractivity (Wildman–Crippen MR) is 87.1 cm³/mol. The first-order valence-electron chi connectivity index (χ1n) is 7.51. The van der Waals surface area contributed by atoms with Crippen LogP contribution in [-0.4, -0.2) is 17.3 Å². The molecule has 1 aromatic heterocycles. The lowest BCUT2D eigenvalue weighted by Crippen LogP contribution is -2.12. The fraction of sp³-hybridized carbons (Fsp3) is 0.800. The topological polar surface area (TPSA) is 24.9 Å². The Bertz CT molecular complexity index is 381. The summed E-state index contributed by atoms with van der Waals surface area (Å²) in [6.07, 6.45) is 5.20. The number of thiazole rings is 1. The normalized spacial score (nSPS) is 20.1. The van der Waals surface area contributed by atoms with Crippen LogP contribution in [0.3, 0.4) is 0 Å². The van der Waals surface area contributed by atoms with Gasteiger partial charge in [0.2, 0.25) is 0 Å². The van der Waals surface area contributed by atoms with Crippen LogP contribution in [0.4, 0.5) is 0 Å². The van der Waals surface area contributed by atoms with Gasteiger partial charge in [0.15, 0.2) is 0 Å². The molecule has 1 atom stereocenters. The van der Waals surface area contributed by atoms with E-state index in [9.17, 15) is 0 Å². The standard InChI is InChI=1S/C15H26N2S2/c1-4-16-10-14-12(9-11(2)3)17-15(19-14)13-7-5-6-8-18-13/h11,13,16H,4-10H2,1-3H3. The first-order valence-corrected chi connectivity index (χ1v) is 9.38. The van der Waals surface area contributed by atoms with Crippen LogP contribution >= 0.6 is 23.1 Å². The zero-order chi connectivity index (χ0) is 13.7. The van der Waals surface area contributed by atoms with E-state index in [1.165, 1.54) is 40.6 Å². The van der Waals surface area contributed by atoms with E-state index in [2.05, 4.69) is 37.8 Å². The van der Waals surface area contributed by atoms with E-state index in [0.717, 1.165) is 19.5 Å². The smallest absolute Gasteiger partial charge is 0.106 e. The van der Waals surface area contributed by atoms with Crippen LogP contribution in [0.15, 0.2) is 0 Å². The second kappa shape index (κ2) is 7.65. The van der Waals surface area contributed by atoms with Crippen molar-refractivity contribution < 1.29 is 0 Å². The highest BCUT2D eigenvalue weighted by molar-refractivity contribution is 7.99. The molecule has 0 spiro atoms. The highest BCUT2D eigenvalue weighted by Crippen LogP contribution is 2.40. The fourth-order valence-electron chi connectivity index (χ4n) is 2.40. The second-order valence-electron chi connectivity index (χ2n) is 5.66. The maximum Gasteiger partial charge on any atom is 0.106 e. The van der Waals surface area contributed by atoms with Gasteiger partial charge in [-0.05, 0) is 37.5 Å². The number of rotatable bonds is 6. The molecular weight excluding hydrogens is 272 g/mol. The molecule has 2 nitrogen and oxygen atoms in total. The van der Waals surface area contributed by atoms with Crippen LogP contribution in [0.1, 0.15) is 60.9 Å². The largest absolute Gasteiger partial charge is 0.312 e. The van der Waals surface area contributed by atoms with E-state index < -0.39 is 0 Å². The summed E-state index contributed by atoms with van der Waals surface area (Å²) in [4.78, 5) is 6.45. The number of nitrogens with zero attached hydrogens (tertiary/aromatic N) is 1. The minimum Gasteiger partial charge on any atom is -0.312 e. The number of aromatic nitrogens is 1. The molecule has 1 N–H and O–H groups in total. The van der Waals surface area contributed by atoms with Crippen molar-refractivity contribution >= 4 is 23.1 Å². The van der Waals surface area contributed by atoms with E-state index in [0.29, 0.717) is 11.2 Å². The van der Waals surface area contributed by atoms with Crippen molar-refractivity contribution in [3.63, 3.8) is 0 Å². The Morgan fingerprint density at radius 3 is 2.84 bits per heavy atom. The SMILES string of the molecule is CCNCc1sc(C2CCCCS2)nc1CC(C)C. The molecule has 0 aliphatic carbocycles. The van der Waals surface area contributed by atoms with Gasteiger partial charge in [-0.15, -0.1) is 11.3 Å². The summed E-state index contributed by atoms with van der Waals surface area (Å²) in [5.41, 5.74) is 1.35. The minimum atomic E-state index is 0.667. The fourth-order valence-corrected chi connectivity index (χ4v) is 5.01. The van der Waals surface area contributed by atoms with Gasteiger partial charge in [0.05, 0.1) is 10.9 Å². The van der Waals surface area contributed by atoms with E-state index in [4.69, 9.17) is 4.98 Å². The lowest BCUT2D eigenvalue weighted by molar-refractivity contribution is 0.623. The lowest BCUT2D eigenvalue weighted by atomic mass is 10.1. The molecule has 0 radical (unpaired) electrons. The van der Waals surface area contributed by atoms with E-state index in [-0.39, 0.29) is 0 Å². The molecule has 1 saturated heterocycles. The third kappa shape index (κ3) is 4.47. The van der Waals surface area contributed by atoms with E-state index >= 15 is 0 Å². The molecular formula is C15H26N2S2. The van der Waals surface area contributed by atoms with Crippen LogP contribution < -0.4 is 5.32 Å². The van der Waals surface area contributed by atoms with Gasteiger partial charge in [0.1, 0.15) is 5.01 Å². The molecule has 19 heavy (non-hydrogen) atoms. The molecule has 1 aliphatic heterocycles. The molecule has 0 aromatic carbocycles. The molecule has 0 amide bonds. The lowest BCUT2D eigenvalue weighted by Gasteiger charge is -2.18. The molecule has 0 bridgehead atoms. The third-order valence-corrected chi connectivity index (χ3v) is 6.13. The van der Waals surface area contributed by atoms with Gasteiger partial charge in [0, 0.05) is 11.4 Å². The Kier molecular flexibility index (Phi) is 6.17. The van der Waals surface area contributed by atoms with Gasteiger partial charge in [-0.1, -0.05) is 27.2 Å². The summed E-state index contributed by atoms with van der Waals surface area (Å²) < 4.78 is 0. The Morgan fingerprint density at radius 2 is 2.21 bits per heavy atom. The minimum absolute atomic E-state index is 0.667. The monoisotopic (exact) mass is 298 g/mol. The van der Waals surface area contributed by atoms with Crippen LogP contribution in [0.25, 0.3) is 0 Å². The predicted octanol–water partition coefficient (Wildman–Crippen LogP) is 4.41. The first-order chi connectivity index (χ1) is 9.20. The van der Waals surface area contributed by atoms with Gasteiger partial charge in [-0.2, -0.15) is 11.8 Å². The molecule has 108 valence electrons. The van der Waals surface area contributed by atoms with Gasteiger partial charge >= 0.3 is 0 Å². The quantitative estimate of drug-likeness (QED) is 0.842. The Hall–Kier alpha value is -0.0600. The summed E-state index contributed by atoms with van der Waals surface area (Å²) in [7, 11) is 0. The number of hydrogen-bond donors (Lipinski definition) is 1. The van der Waals surface area contributed by atoms with Crippen molar-refractivity contribution in [1.29, 1.82) is 0 Å².